The van der Waals surface area contributed by atoms with E-state index in [0.29, 0.717) is 36.4 Å². The predicted molar refractivity (Wildman–Crippen MR) is 63.3 cm³/mol. The lowest BCUT2D eigenvalue weighted by Gasteiger charge is -2.19. The molecule has 0 radical (unpaired) electrons. The predicted octanol–water partition coefficient (Wildman–Crippen LogP) is 1.53. The summed E-state index contributed by atoms with van der Waals surface area (Å²) in [6, 6.07) is 5.30. The zero-order valence-electron chi connectivity index (χ0n) is 9.92. The fourth-order valence-electron chi connectivity index (χ4n) is 1.77. The molecule has 0 aliphatic carbocycles. The number of hydrogen-bond donors (Lipinski definition) is 1. The zero-order valence-corrected chi connectivity index (χ0v) is 9.92. The van der Waals surface area contributed by atoms with E-state index in [0.717, 1.165) is 5.56 Å². The molecule has 0 saturated carbocycles. The second kappa shape index (κ2) is 4.30. The van der Waals surface area contributed by atoms with Gasteiger partial charge in [0.2, 0.25) is 0 Å². The van der Waals surface area contributed by atoms with Gasteiger partial charge in [-0.1, -0.05) is 11.2 Å². The van der Waals surface area contributed by atoms with Crippen molar-refractivity contribution in [2.24, 2.45) is 5.73 Å². The second-order valence-electron chi connectivity index (χ2n) is 4.08. The van der Waals surface area contributed by atoms with Crippen molar-refractivity contribution in [3.63, 3.8) is 0 Å². The molecular weight excluding hydrogens is 234 g/mol. The van der Waals surface area contributed by atoms with E-state index in [1.165, 1.54) is 0 Å². The maximum Gasteiger partial charge on any atom is 0.261 e. The third kappa shape index (κ3) is 1.80. The van der Waals surface area contributed by atoms with Crippen LogP contribution < -0.4 is 15.2 Å². The molecular formula is C12H13N3O3. The normalized spacial score (nSPS) is 15.4. The van der Waals surface area contributed by atoms with Gasteiger partial charge in [-0.05, 0) is 19.1 Å². The van der Waals surface area contributed by atoms with Gasteiger partial charge in [0, 0.05) is 0 Å². The van der Waals surface area contributed by atoms with Gasteiger partial charge in [-0.2, -0.15) is 4.98 Å². The summed E-state index contributed by atoms with van der Waals surface area (Å²) in [7, 11) is 0. The average molecular weight is 247 g/mol. The minimum absolute atomic E-state index is 0.265. The first kappa shape index (κ1) is 11.0. The SMILES string of the molecule is CC(N)c1noc(-c2cccc3c2OCCO3)n1. The lowest BCUT2D eigenvalue weighted by atomic mass is 10.1. The van der Waals surface area contributed by atoms with E-state index in [1.807, 2.05) is 18.2 Å². The van der Waals surface area contributed by atoms with Crippen LogP contribution in [0.1, 0.15) is 18.8 Å². The molecule has 1 aliphatic rings. The summed E-state index contributed by atoms with van der Waals surface area (Å²) in [5, 5.41) is 3.83. The molecule has 1 unspecified atom stereocenters. The first-order valence-electron chi connectivity index (χ1n) is 5.74. The van der Waals surface area contributed by atoms with Gasteiger partial charge in [-0.3, -0.25) is 0 Å². The highest BCUT2D eigenvalue weighted by molar-refractivity contribution is 5.67. The summed E-state index contributed by atoms with van der Waals surface area (Å²) in [6.07, 6.45) is 0. The van der Waals surface area contributed by atoms with Crippen molar-refractivity contribution in [1.29, 1.82) is 0 Å². The topological polar surface area (TPSA) is 83.4 Å². The largest absolute Gasteiger partial charge is 0.486 e. The monoisotopic (exact) mass is 247 g/mol. The van der Waals surface area contributed by atoms with Gasteiger partial charge in [0.1, 0.15) is 13.2 Å². The van der Waals surface area contributed by atoms with Gasteiger partial charge in [-0.25, -0.2) is 0 Å². The summed E-state index contributed by atoms with van der Waals surface area (Å²) in [5.41, 5.74) is 6.43. The minimum atomic E-state index is -0.265. The number of hydrogen-bond acceptors (Lipinski definition) is 6. The van der Waals surface area contributed by atoms with Crippen LogP contribution >= 0.6 is 0 Å². The van der Waals surface area contributed by atoms with Crippen LogP contribution in [0, 0.1) is 0 Å². The average Bonchev–Trinajstić information content (AvgIpc) is 2.87. The molecule has 0 fully saturated rings. The van der Waals surface area contributed by atoms with Crippen LogP contribution in [-0.2, 0) is 0 Å². The lowest BCUT2D eigenvalue weighted by Crippen LogP contribution is -2.15. The molecule has 0 amide bonds. The highest BCUT2D eigenvalue weighted by Gasteiger charge is 2.21. The van der Waals surface area contributed by atoms with E-state index >= 15 is 0 Å². The van der Waals surface area contributed by atoms with Crippen LogP contribution in [0.25, 0.3) is 11.5 Å². The maximum absolute atomic E-state index is 5.70. The van der Waals surface area contributed by atoms with Crippen LogP contribution in [0.2, 0.25) is 0 Å². The number of fused-ring (bicyclic) bond motifs is 1. The van der Waals surface area contributed by atoms with Crippen LogP contribution in [0.15, 0.2) is 22.7 Å². The van der Waals surface area contributed by atoms with Crippen molar-refractivity contribution in [2.45, 2.75) is 13.0 Å². The molecule has 3 rings (SSSR count). The van der Waals surface area contributed by atoms with Crippen molar-refractivity contribution in [3.8, 4) is 23.0 Å². The van der Waals surface area contributed by atoms with E-state index in [9.17, 15) is 0 Å². The number of nitrogens with zero attached hydrogens (tertiary/aromatic N) is 2. The molecule has 1 aromatic heterocycles. The number of para-hydroxylation sites is 1. The molecule has 94 valence electrons. The van der Waals surface area contributed by atoms with E-state index in [2.05, 4.69) is 10.1 Å². The highest BCUT2D eigenvalue weighted by Crippen LogP contribution is 2.39. The Morgan fingerprint density at radius 2 is 2.11 bits per heavy atom. The quantitative estimate of drug-likeness (QED) is 0.866. The number of ether oxygens (including phenoxy) is 2. The highest BCUT2D eigenvalue weighted by atomic mass is 16.6. The maximum atomic E-state index is 5.70. The third-order valence-corrected chi connectivity index (χ3v) is 2.65. The van der Waals surface area contributed by atoms with E-state index < -0.39 is 0 Å². The molecule has 2 aromatic rings. The van der Waals surface area contributed by atoms with Crippen LogP contribution in [0.4, 0.5) is 0 Å². The molecule has 2 N–H and O–H groups in total. The number of benzene rings is 1. The molecule has 2 heterocycles. The number of nitrogens with two attached hydrogens (primary N) is 1. The molecule has 18 heavy (non-hydrogen) atoms. The van der Waals surface area contributed by atoms with Crippen molar-refractivity contribution in [1.82, 2.24) is 10.1 Å². The first-order chi connectivity index (χ1) is 8.75. The molecule has 0 bridgehead atoms. The molecule has 0 spiro atoms. The standard InChI is InChI=1S/C12H13N3O3/c1-7(13)11-14-12(18-15-11)8-3-2-4-9-10(8)17-6-5-16-9/h2-4,7H,5-6,13H2,1H3. The zero-order chi connectivity index (χ0) is 12.5. The summed E-state index contributed by atoms with van der Waals surface area (Å²) in [4.78, 5) is 4.25. The number of aromatic nitrogens is 2. The van der Waals surface area contributed by atoms with E-state index in [4.69, 9.17) is 19.7 Å². The van der Waals surface area contributed by atoms with Gasteiger partial charge in [-0.15, -0.1) is 0 Å². The molecule has 1 aromatic carbocycles. The fourth-order valence-corrected chi connectivity index (χ4v) is 1.77. The summed E-state index contributed by atoms with van der Waals surface area (Å²) < 4.78 is 16.3. The Kier molecular flexibility index (Phi) is 2.64. The Hall–Kier alpha value is -2.08. The van der Waals surface area contributed by atoms with Crippen LogP contribution in [0.3, 0.4) is 0 Å². The molecule has 6 heteroatoms. The smallest absolute Gasteiger partial charge is 0.261 e. The summed E-state index contributed by atoms with van der Waals surface area (Å²) in [5.74, 6) is 2.20. The second-order valence-corrected chi connectivity index (χ2v) is 4.08. The molecule has 6 nitrogen and oxygen atoms in total. The van der Waals surface area contributed by atoms with Crippen molar-refractivity contribution in [3.05, 3.63) is 24.0 Å². The van der Waals surface area contributed by atoms with Gasteiger partial charge in [0.25, 0.3) is 5.89 Å². The van der Waals surface area contributed by atoms with Gasteiger partial charge in [0.15, 0.2) is 17.3 Å². The Morgan fingerprint density at radius 1 is 1.28 bits per heavy atom. The van der Waals surface area contributed by atoms with Crippen molar-refractivity contribution >= 4 is 0 Å². The lowest BCUT2D eigenvalue weighted by molar-refractivity contribution is 0.172. The minimum Gasteiger partial charge on any atom is -0.486 e. The van der Waals surface area contributed by atoms with Gasteiger partial charge in [0.05, 0.1) is 11.6 Å². The van der Waals surface area contributed by atoms with E-state index in [1.54, 1.807) is 6.92 Å². The number of rotatable bonds is 2. The Labute approximate surface area is 104 Å². The molecule has 1 atom stereocenters. The summed E-state index contributed by atoms with van der Waals surface area (Å²) >= 11 is 0. The Balaban J connectivity index is 2.05. The Bertz CT molecular complexity index is 565. The molecule has 1 aliphatic heterocycles. The van der Waals surface area contributed by atoms with Gasteiger partial charge >= 0.3 is 0 Å². The van der Waals surface area contributed by atoms with Crippen LogP contribution in [-0.4, -0.2) is 23.4 Å². The van der Waals surface area contributed by atoms with Crippen LogP contribution in [0.5, 0.6) is 11.5 Å². The van der Waals surface area contributed by atoms with Crippen molar-refractivity contribution < 1.29 is 14.0 Å². The van der Waals surface area contributed by atoms with Gasteiger partial charge < -0.3 is 19.7 Å². The van der Waals surface area contributed by atoms with E-state index in [-0.39, 0.29) is 6.04 Å². The summed E-state index contributed by atoms with van der Waals surface area (Å²) in [6.45, 7) is 2.86. The third-order valence-electron chi connectivity index (χ3n) is 2.65. The Morgan fingerprint density at radius 3 is 2.89 bits per heavy atom. The first-order valence-corrected chi connectivity index (χ1v) is 5.74. The van der Waals surface area contributed by atoms with Crippen molar-refractivity contribution in [2.75, 3.05) is 13.2 Å². The molecule has 0 saturated heterocycles. The fraction of sp³-hybridized carbons (Fsp3) is 0.333.